The second kappa shape index (κ2) is 15.7. The normalized spacial score (nSPS) is 17.6. The Hall–Kier alpha value is -5.03. The molecule has 1 saturated heterocycles. The second-order valence-corrected chi connectivity index (χ2v) is 12.9. The zero-order valence-corrected chi connectivity index (χ0v) is 28.1. The molecule has 0 aromatic heterocycles. The van der Waals surface area contributed by atoms with Gasteiger partial charge in [0.15, 0.2) is 12.0 Å². The number of rotatable bonds is 10. The number of nitrogens with zero attached hydrogens (tertiary/aromatic N) is 2. The van der Waals surface area contributed by atoms with Crippen LogP contribution in [0.2, 0.25) is 0 Å². The SMILES string of the molecule is CCN1CCCC1CN(Cc1ccc(C(=O)Nc2ccccc2NC(=O)OC(C)(C)C)cc1)C(=O)NC1=COC=C(C2=CC=CCC2)O1. The summed E-state index contributed by atoms with van der Waals surface area (Å²) in [5, 5.41) is 8.47. The molecule has 4 amide bonds. The molecule has 48 heavy (non-hydrogen) atoms. The molecule has 3 N–H and O–H groups in total. The Morgan fingerprint density at radius 1 is 1.00 bits per heavy atom. The van der Waals surface area contributed by atoms with Crippen molar-refractivity contribution in [2.45, 2.75) is 71.6 Å². The Bertz CT molecular complexity index is 1600. The van der Waals surface area contributed by atoms with Crippen molar-refractivity contribution in [3.8, 4) is 0 Å². The van der Waals surface area contributed by atoms with Crippen LogP contribution in [0.5, 0.6) is 0 Å². The van der Waals surface area contributed by atoms with Gasteiger partial charge in [-0.05, 0) is 94.9 Å². The number of likely N-dealkylation sites (N-methyl/N-ethyl adjacent to an activating group) is 1. The Balaban J connectivity index is 1.24. The van der Waals surface area contributed by atoms with Crippen LogP contribution in [0.25, 0.3) is 0 Å². The van der Waals surface area contributed by atoms with Crippen molar-refractivity contribution in [1.82, 2.24) is 15.1 Å². The summed E-state index contributed by atoms with van der Waals surface area (Å²) in [4.78, 5) is 43.4. The van der Waals surface area contributed by atoms with Crippen LogP contribution in [-0.2, 0) is 20.8 Å². The summed E-state index contributed by atoms with van der Waals surface area (Å²) in [6.07, 6.45) is 12.2. The Morgan fingerprint density at radius 3 is 2.44 bits per heavy atom. The number of likely N-dealkylation sites (tertiary alicyclic amines) is 1. The van der Waals surface area contributed by atoms with E-state index in [1.54, 1.807) is 68.3 Å². The van der Waals surface area contributed by atoms with E-state index < -0.39 is 11.7 Å². The van der Waals surface area contributed by atoms with Crippen LogP contribution in [-0.4, -0.2) is 59.1 Å². The first-order chi connectivity index (χ1) is 23.1. The largest absolute Gasteiger partial charge is 0.463 e. The van der Waals surface area contributed by atoms with E-state index in [4.69, 9.17) is 14.2 Å². The van der Waals surface area contributed by atoms with Crippen molar-refractivity contribution in [2.75, 3.05) is 30.3 Å². The summed E-state index contributed by atoms with van der Waals surface area (Å²) >= 11 is 0. The average molecular weight is 656 g/mol. The molecule has 254 valence electrons. The molecule has 2 aromatic carbocycles. The second-order valence-electron chi connectivity index (χ2n) is 12.9. The maximum atomic E-state index is 13.7. The molecule has 1 atom stereocenters. The molecule has 2 heterocycles. The first-order valence-corrected chi connectivity index (χ1v) is 16.5. The zero-order chi connectivity index (χ0) is 34.1. The smallest absolute Gasteiger partial charge is 0.412 e. The molecule has 11 heteroatoms. The number of allylic oxidation sites excluding steroid dienone is 4. The number of carbonyl (C=O) groups excluding carboxylic acids is 3. The number of benzene rings is 2. The lowest BCUT2D eigenvalue weighted by Crippen LogP contribution is -2.46. The number of anilines is 2. The van der Waals surface area contributed by atoms with Crippen molar-refractivity contribution in [1.29, 1.82) is 0 Å². The molecule has 2 aromatic rings. The molecule has 1 aliphatic carbocycles. The van der Waals surface area contributed by atoms with Crippen LogP contribution < -0.4 is 16.0 Å². The number of hydrogen-bond acceptors (Lipinski definition) is 7. The third kappa shape index (κ3) is 9.51. The maximum absolute atomic E-state index is 13.7. The molecular weight excluding hydrogens is 610 g/mol. The number of ether oxygens (including phenoxy) is 3. The standard InChI is InChI=1S/C37H45N5O6/c1-5-41-21-11-14-29(41)23-42(35(44)40-33-25-46-24-32(47-33)27-12-7-6-8-13-27)22-26-17-19-28(20-18-26)34(43)38-30-15-9-10-16-31(30)39-36(45)48-37(2,3)4/h6-7,9-10,12,15-20,24-25,29H,5,8,11,13-14,21-23H2,1-4H3,(H,38,43)(H,39,45)(H,40,44). The highest BCUT2D eigenvalue weighted by Crippen LogP contribution is 2.26. The number of para-hydroxylation sites is 2. The Labute approximate surface area is 282 Å². The average Bonchev–Trinajstić information content (AvgIpc) is 3.52. The van der Waals surface area contributed by atoms with Gasteiger partial charge in [0.1, 0.15) is 11.9 Å². The van der Waals surface area contributed by atoms with Gasteiger partial charge in [-0.3, -0.25) is 20.3 Å². The van der Waals surface area contributed by atoms with E-state index in [0.717, 1.165) is 49.9 Å². The van der Waals surface area contributed by atoms with Gasteiger partial charge in [-0.2, -0.15) is 0 Å². The van der Waals surface area contributed by atoms with E-state index in [1.807, 2.05) is 24.3 Å². The molecule has 5 rings (SSSR count). The fourth-order valence-corrected chi connectivity index (χ4v) is 5.80. The van der Waals surface area contributed by atoms with Gasteiger partial charge in [0.25, 0.3) is 5.91 Å². The summed E-state index contributed by atoms with van der Waals surface area (Å²) in [6, 6.07) is 14.0. The quantitative estimate of drug-likeness (QED) is 0.247. The number of hydrogen-bond donors (Lipinski definition) is 3. The molecule has 0 spiro atoms. The lowest BCUT2D eigenvalue weighted by molar-refractivity contribution is 0.0635. The molecule has 2 aliphatic heterocycles. The van der Waals surface area contributed by atoms with E-state index in [2.05, 4.69) is 33.9 Å². The van der Waals surface area contributed by atoms with Crippen molar-refractivity contribution in [3.05, 3.63) is 108 Å². The monoisotopic (exact) mass is 655 g/mol. The molecule has 1 fully saturated rings. The van der Waals surface area contributed by atoms with E-state index in [-0.39, 0.29) is 23.9 Å². The van der Waals surface area contributed by atoms with Gasteiger partial charge in [0, 0.05) is 24.7 Å². The fourth-order valence-electron chi connectivity index (χ4n) is 5.80. The molecule has 1 unspecified atom stereocenters. The molecule has 0 radical (unpaired) electrons. The van der Waals surface area contributed by atoms with Crippen molar-refractivity contribution >= 4 is 29.4 Å². The van der Waals surface area contributed by atoms with E-state index >= 15 is 0 Å². The highest BCUT2D eigenvalue weighted by Gasteiger charge is 2.28. The minimum atomic E-state index is -0.659. The predicted molar refractivity (Wildman–Crippen MR) is 185 cm³/mol. The Kier molecular flexibility index (Phi) is 11.2. The Morgan fingerprint density at radius 2 is 1.75 bits per heavy atom. The summed E-state index contributed by atoms with van der Waals surface area (Å²) < 4.78 is 16.9. The zero-order valence-electron chi connectivity index (χ0n) is 28.1. The van der Waals surface area contributed by atoms with Crippen LogP contribution in [0.1, 0.15) is 69.3 Å². The topological polar surface area (TPSA) is 121 Å². The van der Waals surface area contributed by atoms with Gasteiger partial charge in [0.05, 0.1) is 11.4 Å². The van der Waals surface area contributed by atoms with Crippen molar-refractivity contribution in [2.24, 2.45) is 0 Å². The van der Waals surface area contributed by atoms with E-state index in [9.17, 15) is 14.4 Å². The number of nitrogens with one attached hydrogen (secondary N) is 3. The molecule has 3 aliphatic rings. The fraction of sp³-hybridized carbons (Fsp3) is 0.378. The van der Waals surface area contributed by atoms with Crippen LogP contribution in [0.15, 0.2) is 96.5 Å². The highest BCUT2D eigenvalue weighted by atomic mass is 16.6. The van der Waals surface area contributed by atoms with E-state index in [0.29, 0.717) is 35.8 Å². The summed E-state index contributed by atoms with van der Waals surface area (Å²) in [5.41, 5.74) is 2.50. The van der Waals surface area contributed by atoms with E-state index in [1.165, 1.54) is 6.26 Å². The lowest BCUT2D eigenvalue weighted by atomic mass is 10.0. The third-order valence-electron chi connectivity index (χ3n) is 8.15. The maximum Gasteiger partial charge on any atom is 0.412 e. The number of urea groups is 1. The highest BCUT2D eigenvalue weighted by molar-refractivity contribution is 6.06. The van der Waals surface area contributed by atoms with Crippen LogP contribution >= 0.6 is 0 Å². The predicted octanol–water partition coefficient (Wildman–Crippen LogP) is 7.25. The van der Waals surface area contributed by atoms with Crippen LogP contribution in [0.3, 0.4) is 0 Å². The summed E-state index contributed by atoms with van der Waals surface area (Å²) in [5.74, 6) is 0.465. The van der Waals surface area contributed by atoms with Crippen molar-refractivity contribution < 1.29 is 28.6 Å². The number of amides is 4. The third-order valence-corrected chi connectivity index (χ3v) is 8.15. The van der Waals surface area contributed by atoms with Gasteiger partial charge < -0.3 is 24.4 Å². The summed E-state index contributed by atoms with van der Waals surface area (Å²) in [6.45, 7) is 10.3. The molecular formula is C37H45N5O6. The first-order valence-electron chi connectivity index (χ1n) is 16.5. The minimum absolute atomic E-state index is 0.227. The van der Waals surface area contributed by atoms with Crippen LogP contribution in [0, 0.1) is 0 Å². The number of carbonyl (C=O) groups is 3. The van der Waals surface area contributed by atoms with Gasteiger partial charge in [-0.15, -0.1) is 0 Å². The molecule has 0 bridgehead atoms. The van der Waals surface area contributed by atoms with Crippen LogP contribution in [0.4, 0.5) is 21.0 Å². The van der Waals surface area contributed by atoms with Gasteiger partial charge in [-0.25, -0.2) is 9.59 Å². The minimum Gasteiger partial charge on any atom is -0.463 e. The molecule has 0 saturated carbocycles. The summed E-state index contributed by atoms with van der Waals surface area (Å²) in [7, 11) is 0. The molecule has 11 nitrogen and oxygen atoms in total. The van der Waals surface area contributed by atoms with Gasteiger partial charge >= 0.3 is 12.1 Å². The lowest BCUT2D eigenvalue weighted by Gasteiger charge is -2.31. The first kappa shape index (κ1) is 34.3. The van der Waals surface area contributed by atoms with Gasteiger partial charge in [-0.1, -0.05) is 49.4 Å². The van der Waals surface area contributed by atoms with Crippen molar-refractivity contribution in [3.63, 3.8) is 0 Å². The van der Waals surface area contributed by atoms with Gasteiger partial charge in [0.2, 0.25) is 5.88 Å².